The molecule has 0 heterocycles. The van der Waals surface area contributed by atoms with Crippen molar-refractivity contribution in [3.8, 4) is 6.07 Å². The molecule has 0 radical (unpaired) electrons. The number of nitrogens with zero attached hydrogens (tertiary/aromatic N) is 1. The smallest absolute Gasteiger partial charge is 0.216 e. The van der Waals surface area contributed by atoms with Crippen LogP contribution in [0.3, 0.4) is 0 Å². The molecule has 110 valence electrons. The summed E-state index contributed by atoms with van der Waals surface area (Å²) in [6.45, 7) is 1.66. The highest BCUT2D eigenvalue weighted by molar-refractivity contribution is 7.88. The highest BCUT2D eigenvalue weighted by Crippen LogP contribution is 2.09. The molecule has 0 aliphatic heterocycles. The van der Waals surface area contributed by atoms with Crippen LogP contribution in [0.15, 0.2) is 24.3 Å². The van der Waals surface area contributed by atoms with Crippen LogP contribution in [0.25, 0.3) is 0 Å². The van der Waals surface area contributed by atoms with Gasteiger partial charge in [0, 0.05) is 14.2 Å². The Kier molecular flexibility index (Phi) is 6.10. The zero-order chi connectivity index (χ0) is 15.2. The van der Waals surface area contributed by atoms with Crippen molar-refractivity contribution in [3.05, 3.63) is 35.4 Å². The normalized spacial score (nSPS) is 13.2. The number of methoxy groups -OCH3 is 2. The topological polar surface area (TPSA) is 88.4 Å². The Balaban J connectivity index is 2.72. The Hall–Kier alpha value is -1.46. The second-order valence-electron chi connectivity index (χ2n) is 4.31. The summed E-state index contributed by atoms with van der Waals surface area (Å²) >= 11 is 0. The monoisotopic (exact) mass is 298 g/mol. The number of rotatable bonds is 7. The highest BCUT2D eigenvalue weighted by Gasteiger charge is 2.22. The molecular formula is C13H18N2O4S. The van der Waals surface area contributed by atoms with E-state index in [1.54, 1.807) is 31.2 Å². The highest BCUT2D eigenvalue weighted by atomic mass is 32.2. The number of sulfonamides is 1. The molecule has 0 saturated carbocycles. The van der Waals surface area contributed by atoms with Gasteiger partial charge >= 0.3 is 0 Å². The maximum Gasteiger partial charge on any atom is 0.216 e. The fourth-order valence-corrected chi connectivity index (χ4v) is 3.17. The van der Waals surface area contributed by atoms with Crippen molar-refractivity contribution in [1.29, 1.82) is 5.26 Å². The minimum absolute atomic E-state index is 0.163. The van der Waals surface area contributed by atoms with Crippen LogP contribution in [-0.2, 0) is 25.2 Å². The van der Waals surface area contributed by atoms with Crippen LogP contribution in [0.4, 0.5) is 0 Å². The first kappa shape index (κ1) is 16.6. The summed E-state index contributed by atoms with van der Waals surface area (Å²) < 4.78 is 36.5. The minimum atomic E-state index is -3.51. The summed E-state index contributed by atoms with van der Waals surface area (Å²) in [7, 11) is -0.623. The molecule has 0 fully saturated rings. The SMILES string of the molecule is COC(OC)C(C)NS(=O)(=O)Cc1ccc(C#N)cc1. The Labute approximate surface area is 119 Å². The van der Waals surface area contributed by atoms with Crippen LogP contribution in [0.5, 0.6) is 0 Å². The molecule has 20 heavy (non-hydrogen) atoms. The lowest BCUT2D eigenvalue weighted by atomic mass is 10.2. The van der Waals surface area contributed by atoms with Gasteiger partial charge in [-0.05, 0) is 24.6 Å². The van der Waals surface area contributed by atoms with Gasteiger partial charge in [-0.1, -0.05) is 12.1 Å². The lowest BCUT2D eigenvalue weighted by molar-refractivity contribution is -0.115. The lowest BCUT2D eigenvalue weighted by Gasteiger charge is -2.22. The van der Waals surface area contributed by atoms with Gasteiger partial charge < -0.3 is 9.47 Å². The van der Waals surface area contributed by atoms with E-state index in [1.807, 2.05) is 6.07 Å². The lowest BCUT2D eigenvalue weighted by Crippen LogP contribution is -2.43. The van der Waals surface area contributed by atoms with Crippen LogP contribution in [0.1, 0.15) is 18.1 Å². The molecule has 0 aliphatic carbocycles. The van der Waals surface area contributed by atoms with E-state index in [0.717, 1.165) is 0 Å². The number of nitriles is 1. The molecule has 0 amide bonds. The Morgan fingerprint density at radius 2 is 1.80 bits per heavy atom. The number of hydrogen-bond acceptors (Lipinski definition) is 5. The fraction of sp³-hybridized carbons (Fsp3) is 0.462. The first-order valence-corrected chi connectivity index (χ1v) is 7.61. The molecule has 6 nitrogen and oxygen atoms in total. The van der Waals surface area contributed by atoms with Crippen molar-refractivity contribution < 1.29 is 17.9 Å². The van der Waals surface area contributed by atoms with E-state index in [1.165, 1.54) is 14.2 Å². The minimum Gasteiger partial charge on any atom is -0.354 e. The van der Waals surface area contributed by atoms with Gasteiger partial charge in [0.15, 0.2) is 6.29 Å². The Morgan fingerprint density at radius 1 is 1.25 bits per heavy atom. The van der Waals surface area contributed by atoms with Gasteiger partial charge in [-0.2, -0.15) is 5.26 Å². The van der Waals surface area contributed by atoms with Crippen LogP contribution in [0, 0.1) is 11.3 Å². The van der Waals surface area contributed by atoms with E-state index in [9.17, 15) is 8.42 Å². The first-order chi connectivity index (χ1) is 9.41. The molecular weight excluding hydrogens is 280 g/mol. The molecule has 1 rings (SSSR count). The molecule has 1 unspecified atom stereocenters. The predicted octanol–water partition coefficient (Wildman–Crippen LogP) is 0.985. The molecule has 0 aromatic heterocycles. The third kappa shape index (κ3) is 4.90. The summed E-state index contributed by atoms with van der Waals surface area (Å²) in [5.74, 6) is -0.163. The van der Waals surface area contributed by atoms with Crippen LogP contribution in [0.2, 0.25) is 0 Å². The molecule has 1 N–H and O–H groups in total. The van der Waals surface area contributed by atoms with Crippen molar-refractivity contribution in [2.75, 3.05) is 14.2 Å². The number of ether oxygens (including phenoxy) is 2. The van der Waals surface area contributed by atoms with Crippen LogP contribution in [-0.4, -0.2) is 35.0 Å². The zero-order valence-electron chi connectivity index (χ0n) is 11.7. The van der Waals surface area contributed by atoms with Crippen LogP contribution < -0.4 is 4.72 Å². The molecule has 0 saturated heterocycles. The summed E-state index contributed by atoms with van der Waals surface area (Å²) in [4.78, 5) is 0. The van der Waals surface area contributed by atoms with E-state index in [0.29, 0.717) is 11.1 Å². The van der Waals surface area contributed by atoms with E-state index >= 15 is 0 Å². The van der Waals surface area contributed by atoms with Gasteiger partial charge in [-0.25, -0.2) is 13.1 Å². The van der Waals surface area contributed by atoms with Gasteiger partial charge in [0.25, 0.3) is 0 Å². The molecule has 0 bridgehead atoms. The van der Waals surface area contributed by atoms with Crippen molar-refractivity contribution in [3.63, 3.8) is 0 Å². The van der Waals surface area contributed by atoms with Crippen molar-refractivity contribution in [2.45, 2.75) is 25.0 Å². The van der Waals surface area contributed by atoms with Gasteiger partial charge in [-0.15, -0.1) is 0 Å². The standard InChI is InChI=1S/C13H18N2O4S/c1-10(13(18-2)19-3)15-20(16,17)9-12-6-4-11(8-14)5-7-12/h4-7,10,13,15H,9H2,1-3H3. The third-order valence-corrected chi connectivity index (χ3v) is 4.12. The number of benzene rings is 1. The average Bonchev–Trinajstić information content (AvgIpc) is 2.39. The molecule has 1 aromatic carbocycles. The van der Waals surface area contributed by atoms with E-state index in [-0.39, 0.29) is 5.75 Å². The Bertz CT molecular complexity index is 559. The van der Waals surface area contributed by atoms with E-state index in [4.69, 9.17) is 14.7 Å². The van der Waals surface area contributed by atoms with Gasteiger partial charge in [0.2, 0.25) is 10.0 Å². The van der Waals surface area contributed by atoms with E-state index < -0.39 is 22.4 Å². The van der Waals surface area contributed by atoms with Gasteiger partial charge in [-0.3, -0.25) is 0 Å². The average molecular weight is 298 g/mol. The van der Waals surface area contributed by atoms with Crippen LogP contribution >= 0.6 is 0 Å². The van der Waals surface area contributed by atoms with Gasteiger partial charge in [0.05, 0.1) is 23.4 Å². The number of nitrogens with one attached hydrogen (secondary N) is 1. The largest absolute Gasteiger partial charge is 0.354 e. The summed E-state index contributed by atoms with van der Waals surface area (Å²) in [6, 6.07) is 7.88. The van der Waals surface area contributed by atoms with Gasteiger partial charge in [0.1, 0.15) is 0 Å². The molecule has 7 heteroatoms. The third-order valence-electron chi connectivity index (χ3n) is 2.68. The van der Waals surface area contributed by atoms with Crippen molar-refractivity contribution >= 4 is 10.0 Å². The maximum atomic E-state index is 12.0. The predicted molar refractivity (Wildman–Crippen MR) is 74.2 cm³/mol. The molecule has 0 aliphatic rings. The van der Waals surface area contributed by atoms with Crippen molar-refractivity contribution in [2.24, 2.45) is 0 Å². The Morgan fingerprint density at radius 3 is 2.25 bits per heavy atom. The summed E-state index contributed by atoms with van der Waals surface area (Å²) in [6.07, 6.45) is -0.647. The maximum absolute atomic E-state index is 12.0. The van der Waals surface area contributed by atoms with E-state index in [2.05, 4.69) is 4.72 Å². The molecule has 0 spiro atoms. The quantitative estimate of drug-likeness (QED) is 0.758. The second-order valence-corrected chi connectivity index (χ2v) is 6.07. The molecule has 1 aromatic rings. The molecule has 1 atom stereocenters. The van der Waals surface area contributed by atoms with Crippen molar-refractivity contribution in [1.82, 2.24) is 4.72 Å². The number of hydrogen-bond donors (Lipinski definition) is 1. The fourth-order valence-electron chi connectivity index (χ4n) is 1.78. The second kappa shape index (κ2) is 7.36. The zero-order valence-corrected chi connectivity index (χ0v) is 12.5. The summed E-state index contributed by atoms with van der Waals surface area (Å²) in [5, 5.41) is 8.69. The first-order valence-electron chi connectivity index (χ1n) is 5.96. The summed E-state index contributed by atoms with van der Waals surface area (Å²) in [5.41, 5.74) is 1.10.